The van der Waals surface area contributed by atoms with Crippen LogP contribution in [0.25, 0.3) is 10.8 Å². The number of phenols is 1. The van der Waals surface area contributed by atoms with Gasteiger partial charge in [0, 0.05) is 15.8 Å². The number of rotatable bonds is 4. The fourth-order valence-corrected chi connectivity index (χ4v) is 2.51. The van der Waals surface area contributed by atoms with E-state index in [1.165, 1.54) is 13.0 Å². The van der Waals surface area contributed by atoms with Crippen LogP contribution < -0.4 is 5.32 Å². The number of nitrogens with one attached hydrogen (secondary N) is 1. The third kappa shape index (κ3) is 2.97. The summed E-state index contributed by atoms with van der Waals surface area (Å²) in [7, 11) is 0. The van der Waals surface area contributed by atoms with E-state index >= 15 is 0 Å². The molecular weight excluding hydrogens is 318 g/mol. The predicted octanol–water partition coefficient (Wildman–Crippen LogP) is 3.43. The lowest BCUT2D eigenvalue weighted by Gasteiger charge is -2.30. The van der Waals surface area contributed by atoms with Gasteiger partial charge in [0.05, 0.1) is 5.56 Å². The first-order valence-corrected chi connectivity index (χ1v) is 7.52. The predicted molar refractivity (Wildman–Crippen MR) is 89.0 cm³/mol. The van der Waals surface area contributed by atoms with E-state index in [2.05, 4.69) is 5.32 Å². The molecule has 0 aromatic heterocycles. The number of aliphatic carboxylic acids is 1. The summed E-state index contributed by atoms with van der Waals surface area (Å²) in [6.45, 7) is 4.82. The molecule has 2 aromatic rings. The van der Waals surface area contributed by atoms with Crippen LogP contribution >= 0.6 is 11.6 Å². The van der Waals surface area contributed by atoms with Gasteiger partial charge in [-0.05, 0) is 18.9 Å². The van der Waals surface area contributed by atoms with Gasteiger partial charge < -0.3 is 15.5 Å². The summed E-state index contributed by atoms with van der Waals surface area (Å²) in [5.74, 6) is -2.40. The number of phenolic OH excluding ortho intramolecular Hbond substituents is 1. The van der Waals surface area contributed by atoms with Crippen LogP contribution in [0.5, 0.6) is 5.75 Å². The first-order chi connectivity index (χ1) is 10.7. The molecule has 0 bridgehead atoms. The zero-order valence-electron chi connectivity index (χ0n) is 13.1. The molecule has 3 N–H and O–H groups in total. The molecule has 0 radical (unpaired) electrons. The summed E-state index contributed by atoms with van der Waals surface area (Å²) >= 11 is 6.17. The standard InChI is InChI=1S/C17H18ClNO4/c1-9(2)17(3,16(22)23)19-15(21)12-8-13(18)10-6-4-5-7-11(10)14(12)20/h4-9,20H,1-3H3,(H,19,21)(H,22,23). The van der Waals surface area contributed by atoms with Crippen molar-refractivity contribution in [1.82, 2.24) is 5.32 Å². The van der Waals surface area contributed by atoms with Crippen molar-refractivity contribution in [3.05, 3.63) is 40.9 Å². The van der Waals surface area contributed by atoms with E-state index in [1.54, 1.807) is 38.1 Å². The van der Waals surface area contributed by atoms with Crippen molar-refractivity contribution in [2.75, 3.05) is 0 Å². The Kier molecular flexibility index (Phi) is 4.52. The van der Waals surface area contributed by atoms with Crippen LogP contribution in [-0.4, -0.2) is 27.6 Å². The number of carbonyl (C=O) groups excluding carboxylic acids is 1. The van der Waals surface area contributed by atoms with Crippen molar-refractivity contribution in [2.45, 2.75) is 26.3 Å². The van der Waals surface area contributed by atoms with Gasteiger partial charge in [0.25, 0.3) is 5.91 Å². The first-order valence-electron chi connectivity index (χ1n) is 7.14. The lowest BCUT2D eigenvalue weighted by molar-refractivity contribution is -0.145. The Morgan fingerprint density at radius 3 is 2.30 bits per heavy atom. The monoisotopic (exact) mass is 335 g/mol. The summed E-state index contributed by atoms with van der Waals surface area (Å²) in [6.07, 6.45) is 0. The van der Waals surface area contributed by atoms with Crippen LogP contribution in [-0.2, 0) is 4.79 Å². The van der Waals surface area contributed by atoms with Gasteiger partial charge in [0.15, 0.2) is 0 Å². The van der Waals surface area contributed by atoms with Gasteiger partial charge in [-0.2, -0.15) is 0 Å². The Bertz CT molecular complexity index is 788. The SMILES string of the molecule is CC(C)C(C)(NC(=O)c1cc(Cl)c2ccccc2c1O)C(=O)O. The number of amides is 1. The van der Waals surface area contributed by atoms with Crippen LogP contribution in [0.15, 0.2) is 30.3 Å². The molecule has 5 nitrogen and oxygen atoms in total. The molecule has 2 rings (SSSR count). The van der Waals surface area contributed by atoms with E-state index in [0.717, 1.165) is 0 Å². The highest BCUT2D eigenvalue weighted by Crippen LogP contribution is 2.34. The summed E-state index contributed by atoms with van der Waals surface area (Å²) in [6, 6.07) is 8.21. The van der Waals surface area contributed by atoms with Crippen molar-refractivity contribution in [3.63, 3.8) is 0 Å². The summed E-state index contributed by atoms with van der Waals surface area (Å²) < 4.78 is 0. The molecule has 2 aromatic carbocycles. The van der Waals surface area contributed by atoms with Crippen molar-refractivity contribution >= 4 is 34.2 Å². The number of fused-ring (bicyclic) bond motifs is 1. The lowest BCUT2D eigenvalue weighted by Crippen LogP contribution is -2.55. The van der Waals surface area contributed by atoms with Crippen LogP contribution in [0.1, 0.15) is 31.1 Å². The number of hydrogen-bond acceptors (Lipinski definition) is 3. The fourth-order valence-electron chi connectivity index (χ4n) is 2.24. The quantitative estimate of drug-likeness (QED) is 0.799. The minimum atomic E-state index is -1.46. The molecule has 1 amide bonds. The van der Waals surface area contributed by atoms with Gasteiger partial charge >= 0.3 is 5.97 Å². The van der Waals surface area contributed by atoms with Crippen molar-refractivity contribution in [2.24, 2.45) is 5.92 Å². The Hall–Kier alpha value is -2.27. The van der Waals surface area contributed by atoms with Crippen LogP contribution in [0.4, 0.5) is 0 Å². The van der Waals surface area contributed by atoms with Gasteiger partial charge in [0.2, 0.25) is 0 Å². The molecule has 0 saturated carbocycles. The maximum absolute atomic E-state index is 12.5. The molecule has 6 heteroatoms. The van der Waals surface area contributed by atoms with Gasteiger partial charge in [-0.25, -0.2) is 4.79 Å². The van der Waals surface area contributed by atoms with Gasteiger partial charge in [0.1, 0.15) is 11.3 Å². The highest BCUT2D eigenvalue weighted by molar-refractivity contribution is 6.36. The second kappa shape index (κ2) is 6.08. The molecule has 0 aliphatic heterocycles. The van der Waals surface area contributed by atoms with E-state index in [1.807, 2.05) is 0 Å². The topological polar surface area (TPSA) is 86.6 Å². The molecule has 1 unspecified atom stereocenters. The number of carboxylic acid groups (broad SMARTS) is 1. The number of carbonyl (C=O) groups is 2. The second-order valence-electron chi connectivity index (χ2n) is 5.92. The number of carboxylic acids is 1. The van der Waals surface area contributed by atoms with E-state index in [-0.39, 0.29) is 17.2 Å². The molecule has 0 fully saturated rings. The summed E-state index contributed by atoms with van der Waals surface area (Å²) in [5, 5.41) is 23.6. The van der Waals surface area contributed by atoms with Crippen molar-refractivity contribution < 1.29 is 19.8 Å². The van der Waals surface area contributed by atoms with Crippen LogP contribution in [0.2, 0.25) is 5.02 Å². The maximum Gasteiger partial charge on any atom is 0.329 e. The third-order valence-electron chi connectivity index (χ3n) is 4.18. The number of halogens is 1. The Balaban J connectivity index is 2.50. The molecule has 0 spiro atoms. The van der Waals surface area contributed by atoms with Gasteiger partial charge in [-0.3, -0.25) is 4.79 Å². The molecule has 0 aliphatic rings. The minimum absolute atomic E-state index is 0.0539. The maximum atomic E-state index is 12.5. The number of hydrogen-bond donors (Lipinski definition) is 3. The molecule has 0 saturated heterocycles. The van der Waals surface area contributed by atoms with E-state index < -0.39 is 17.4 Å². The van der Waals surface area contributed by atoms with E-state index in [9.17, 15) is 19.8 Å². The Morgan fingerprint density at radius 2 is 1.78 bits per heavy atom. The van der Waals surface area contributed by atoms with Crippen molar-refractivity contribution in [3.8, 4) is 5.75 Å². The molecular formula is C17H18ClNO4. The van der Waals surface area contributed by atoms with Crippen LogP contribution in [0, 0.1) is 5.92 Å². The number of aromatic hydroxyl groups is 1. The Morgan fingerprint density at radius 1 is 1.22 bits per heavy atom. The minimum Gasteiger partial charge on any atom is -0.506 e. The summed E-state index contributed by atoms with van der Waals surface area (Å²) in [5.41, 5.74) is -1.51. The molecule has 1 atom stereocenters. The average Bonchev–Trinajstić information content (AvgIpc) is 2.50. The normalized spacial score (nSPS) is 13.8. The zero-order chi connectivity index (χ0) is 17.4. The highest BCUT2D eigenvalue weighted by Gasteiger charge is 2.38. The first kappa shape index (κ1) is 17.1. The largest absolute Gasteiger partial charge is 0.506 e. The fraction of sp³-hybridized carbons (Fsp3) is 0.294. The Labute approximate surface area is 138 Å². The molecule has 122 valence electrons. The molecule has 0 heterocycles. The third-order valence-corrected chi connectivity index (χ3v) is 4.50. The van der Waals surface area contributed by atoms with E-state index in [4.69, 9.17) is 11.6 Å². The van der Waals surface area contributed by atoms with Crippen LogP contribution in [0.3, 0.4) is 0 Å². The van der Waals surface area contributed by atoms with Gasteiger partial charge in [-0.1, -0.05) is 49.7 Å². The lowest BCUT2D eigenvalue weighted by atomic mass is 9.88. The molecule has 23 heavy (non-hydrogen) atoms. The van der Waals surface area contributed by atoms with Crippen molar-refractivity contribution in [1.29, 1.82) is 0 Å². The number of benzene rings is 2. The van der Waals surface area contributed by atoms with E-state index in [0.29, 0.717) is 15.8 Å². The average molecular weight is 336 g/mol. The zero-order valence-corrected chi connectivity index (χ0v) is 13.8. The summed E-state index contributed by atoms with van der Waals surface area (Å²) in [4.78, 5) is 24.0. The molecule has 0 aliphatic carbocycles. The van der Waals surface area contributed by atoms with Gasteiger partial charge in [-0.15, -0.1) is 0 Å². The highest BCUT2D eigenvalue weighted by atomic mass is 35.5. The smallest absolute Gasteiger partial charge is 0.329 e. The second-order valence-corrected chi connectivity index (χ2v) is 6.32.